The zero-order chi connectivity index (χ0) is 23.5. The summed E-state index contributed by atoms with van der Waals surface area (Å²) in [5.74, 6) is 1.18. The maximum Gasteiger partial charge on any atom is 0.333 e. The predicted molar refractivity (Wildman–Crippen MR) is 121 cm³/mol. The molecule has 0 heterocycles. The number of carboxylic acids is 1. The second-order valence-electron chi connectivity index (χ2n) is 12.0. The summed E-state index contributed by atoms with van der Waals surface area (Å²) in [6.07, 6.45) is 7.92. The fourth-order valence-electron chi connectivity index (χ4n) is 9.09. The highest BCUT2D eigenvalue weighted by atomic mass is 32.2. The molecule has 0 spiro atoms. The van der Waals surface area contributed by atoms with Gasteiger partial charge < -0.3 is 10.2 Å². The molecule has 0 aliphatic heterocycles. The Kier molecular flexibility index (Phi) is 6.49. The van der Waals surface area contributed by atoms with E-state index in [1.54, 1.807) is 0 Å². The van der Waals surface area contributed by atoms with Crippen LogP contribution in [0.1, 0.15) is 85.0 Å². The Morgan fingerprint density at radius 2 is 1.72 bits per heavy atom. The highest BCUT2D eigenvalue weighted by molar-refractivity contribution is 7.83. The lowest BCUT2D eigenvalue weighted by Gasteiger charge is -2.63. The third kappa shape index (κ3) is 4.25. The Labute approximate surface area is 192 Å². The Bertz CT molecular complexity index is 832. The topological polar surface area (TPSA) is 124 Å². The van der Waals surface area contributed by atoms with Gasteiger partial charge in [-0.1, -0.05) is 20.8 Å². The first kappa shape index (κ1) is 24.4. The van der Waals surface area contributed by atoms with E-state index in [0.717, 1.165) is 38.5 Å². The molecule has 0 radical (unpaired) electrons. The van der Waals surface area contributed by atoms with E-state index in [1.165, 1.54) is 0 Å². The van der Waals surface area contributed by atoms with Crippen molar-refractivity contribution in [1.82, 2.24) is 4.72 Å². The molecule has 4 saturated carbocycles. The highest BCUT2D eigenvalue weighted by Gasteiger charge is 2.63. The van der Waals surface area contributed by atoms with Crippen LogP contribution in [0.5, 0.6) is 0 Å². The largest absolute Gasteiger partial charge is 0.481 e. The highest BCUT2D eigenvalue weighted by Crippen LogP contribution is 2.68. The lowest BCUT2D eigenvalue weighted by molar-refractivity contribution is -0.141. The van der Waals surface area contributed by atoms with E-state index in [-0.39, 0.29) is 41.2 Å². The summed E-state index contributed by atoms with van der Waals surface area (Å²) in [6, 6.07) is -0.309. The molecule has 7 nitrogen and oxygen atoms in total. The van der Waals surface area contributed by atoms with Crippen LogP contribution in [0.25, 0.3) is 0 Å². The van der Waals surface area contributed by atoms with E-state index < -0.39 is 16.3 Å². The standard InChI is InChI=1S/C24H41NO6S/c1-14(4-7-21(27)28)17-5-6-18-22-19(9-11-24(17,18)3)23(2)10-8-16(26)12-15(23)13-20(22)25-32(29,30)31/h14-20,22,25-26H,4-13H2,1-3H3,(H,27,28)(H,29,30,31)/t14-,15?,16-,17?,18+,19+,20?,22?,23?,24?/m1/s1. The lowest BCUT2D eigenvalue weighted by atomic mass is 9.43. The van der Waals surface area contributed by atoms with Crippen LogP contribution in [0.15, 0.2) is 0 Å². The number of carboxylic acid groups (broad SMARTS) is 1. The summed E-state index contributed by atoms with van der Waals surface area (Å²) in [6.45, 7) is 6.89. The summed E-state index contributed by atoms with van der Waals surface area (Å²) >= 11 is 0. The average molecular weight is 472 g/mol. The molecule has 0 aromatic rings. The number of aliphatic hydroxyl groups is 1. The molecular formula is C24H41NO6S. The molecular weight excluding hydrogens is 430 g/mol. The van der Waals surface area contributed by atoms with Crippen molar-refractivity contribution >= 4 is 16.3 Å². The second-order valence-corrected chi connectivity index (χ2v) is 13.2. The van der Waals surface area contributed by atoms with Gasteiger partial charge in [-0.3, -0.25) is 9.35 Å². The van der Waals surface area contributed by atoms with Crippen LogP contribution in [-0.4, -0.2) is 41.3 Å². The van der Waals surface area contributed by atoms with Gasteiger partial charge in [0.15, 0.2) is 0 Å². The molecule has 6 unspecified atom stereocenters. The zero-order valence-electron chi connectivity index (χ0n) is 19.7. The molecule has 10 atom stereocenters. The van der Waals surface area contributed by atoms with Gasteiger partial charge in [0, 0.05) is 12.5 Å². The summed E-state index contributed by atoms with van der Waals surface area (Å²) < 4.78 is 36.1. The summed E-state index contributed by atoms with van der Waals surface area (Å²) in [5, 5.41) is 19.5. The maximum absolute atomic E-state index is 11.9. The fourth-order valence-corrected chi connectivity index (χ4v) is 9.72. The molecule has 0 amide bonds. The summed E-state index contributed by atoms with van der Waals surface area (Å²) in [7, 11) is -4.32. The molecule has 8 heteroatoms. The van der Waals surface area contributed by atoms with Crippen molar-refractivity contribution in [2.24, 2.45) is 46.3 Å². The van der Waals surface area contributed by atoms with Crippen molar-refractivity contribution in [3.63, 3.8) is 0 Å². The molecule has 4 rings (SSSR count). The Balaban J connectivity index is 1.64. The SMILES string of the molecule is C[C@H](CCC(=O)O)C1CC[C@H]2C3C(NS(=O)(=O)O)CC4C[C@H](O)CCC4(C)[C@H]3CCC12C. The van der Waals surface area contributed by atoms with E-state index in [1.807, 2.05) is 0 Å². The molecule has 4 fully saturated rings. The Morgan fingerprint density at radius 1 is 1.06 bits per heavy atom. The third-order valence-corrected chi connectivity index (χ3v) is 11.2. The van der Waals surface area contributed by atoms with Crippen LogP contribution in [-0.2, 0) is 15.1 Å². The van der Waals surface area contributed by atoms with E-state index in [0.29, 0.717) is 42.9 Å². The molecule has 0 aromatic heterocycles. The van der Waals surface area contributed by atoms with Crippen LogP contribution in [0.3, 0.4) is 0 Å². The first-order valence-corrected chi connectivity index (χ1v) is 13.9. The van der Waals surface area contributed by atoms with E-state index >= 15 is 0 Å². The third-order valence-electron chi connectivity index (χ3n) is 10.6. The van der Waals surface area contributed by atoms with E-state index in [9.17, 15) is 22.9 Å². The van der Waals surface area contributed by atoms with Crippen LogP contribution >= 0.6 is 0 Å². The molecule has 0 aromatic carbocycles. The first-order chi connectivity index (χ1) is 14.8. The van der Waals surface area contributed by atoms with Gasteiger partial charge in [0.25, 0.3) is 0 Å². The van der Waals surface area contributed by atoms with Gasteiger partial charge in [0.1, 0.15) is 0 Å². The molecule has 0 saturated heterocycles. The first-order valence-electron chi connectivity index (χ1n) is 12.5. The van der Waals surface area contributed by atoms with Crippen molar-refractivity contribution in [3.05, 3.63) is 0 Å². The van der Waals surface area contributed by atoms with Gasteiger partial charge in [-0.15, -0.1) is 0 Å². The quantitative estimate of drug-likeness (QED) is 0.436. The Hall–Kier alpha value is -0.700. The van der Waals surface area contributed by atoms with Crippen LogP contribution in [0, 0.1) is 46.3 Å². The zero-order valence-corrected chi connectivity index (χ0v) is 20.5. The van der Waals surface area contributed by atoms with Gasteiger partial charge in [0.2, 0.25) is 0 Å². The number of fused-ring (bicyclic) bond motifs is 5. The lowest BCUT2D eigenvalue weighted by Crippen LogP contribution is -2.62. The van der Waals surface area contributed by atoms with Crippen molar-refractivity contribution in [1.29, 1.82) is 0 Å². The molecule has 0 bridgehead atoms. The predicted octanol–water partition coefficient (Wildman–Crippen LogP) is 3.88. The fraction of sp³-hybridized carbons (Fsp3) is 0.958. The number of nitrogens with one attached hydrogen (secondary N) is 1. The van der Waals surface area contributed by atoms with Crippen molar-refractivity contribution in [3.8, 4) is 0 Å². The van der Waals surface area contributed by atoms with E-state index in [4.69, 9.17) is 5.11 Å². The van der Waals surface area contributed by atoms with Gasteiger partial charge in [0.05, 0.1) is 6.10 Å². The van der Waals surface area contributed by atoms with Gasteiger partial charge in [-0.25, -0.2) is 0 Å². The molecule has 32 heavy (non-hydrogen) atoms. The smallest absolute Gasteiger partial charge is 0.333 e. The molecule has 184 valence electrons. The minimum Gasteiger partial charge on any atom is -0.481 e. The minimum atomic E-state index is -4.32. The van der Waals surface area contributed by atoms with Crippen LogP contribution in [0.4, 0.5) is 0 Å². The molecule has 4 N–H and O–H groups in total. The van der Waals surface area contributed by atoms with E-state index in [2.05, 4.69) is 25.5 Å². The number of aliphatic carboxylic acids is 1. The second kappa shape index (κ2) is 8.51. The van der Waals surface area contributed by atoms with Gasteiger partial charge in [-0.2, -0.15) is 13.1 Å². The number of hydrogen-bond donors (Lipinski definition) is 4. The normalized spacial score (nSPS) is 47.2. The van der Waals surface area contributed by atoms with Crippen LogP contribution < -0.4 is 4.72 Å². The van der Waals surface area contributed by atoms with Gasteiger partial charge >= 0.3 is 16.3 Å². The van der Waals surface area contributed by atoms with Crippen LogP contribution in [0.2, 0.25) is 0 Å². The number of carbonyl (C=O) groups is 1. The maximum atomic E-state index is 11.9. The summed E-state index contributed by atoms with van der Waals surface area (Å²) in [4.78, 5) is 11.1. The number of aliphatic hydroxyl groups excluding tert-OH is 1. The average Bonchev–Trinajstić information content (AvgIpc) is 3.03. The monoisotopic (exact) mass is 471 g/mol. The van der Waals surface area contributed by atoms with Crippen molar-refractivity contribution in [2.75, 3.05) is 0 Å². The Morgan fingerprint density at radius 3 is 2.38 bits per heavy atom. The van der Waals surface area contributed by atoms with Crippen molar-refractivity contribution < 1.29 is 28.0 Å². The number of rotatable bonds is 6. The van der Waals surface area contributed by atoms with Gasteiger partial charge in [-0.05, 0) is 104 Å². The summed E-state index contributed by atoms with van der Waals surface area (Å²) in [5.41, 5.74) is 0.158. The molecule has 4 aliphatic carbocycles. The van der Waals surface area contributed by atoms with Crippen molar-refractivity contribution in [2.45, 2.75) is 97.1 Å². The minimum absolute atomic E-state index is 0.0651. The molecule has 4 aliphatic rings. The number of hydrogen-bond acceptors (Lipinski definition) is 4.